The molecule has 0 bridgehead atoms. The van der Waals surface area contributed by atoms with E-state index in [2.05, 4.69) is 15.5 Å². The molecule has 98 valence electrons. The third-order valence-electron chi connectivity index (χ3n) is 2.89. The second-order valence-corrected chi connectivity index (χ2v) is 6.58. The monoisotopic (exact) mass is 270 g/mol. The number of hydrogen-bond donors (Lipinski definition) is 2. The molecular weight excluding hydrogens is 256 g/mol. The highest BCUT2D eigenvalue weighted by Crippen LogP contribution is 2.20. The lowest BCUT2D eigenvalue weighted by atomic mass is 10.2. The Morgan fingerprint density at radius 1 is 1.44 bits per heavy atom. The molecule has 8 heteroatoms. The molecule has 0 radical (unpaired) electrons. The maximum atomic E-state index is 11.6. The minimum atomic E-state index is -2.96. The number of hydrogen-bond acceptors (Lipinski definition) is 6. The van der Waals surface area contributed by atoms with Gasteiger partial charge in [-0.2, -0.15) is 0 Å². The maximum absolute atomic E-state index is 11.6. The van der Waals surface area contributed by atoms with Gasteiger partial charge in [0.15, 0.2) is 15.5 Å². The summed E-state index contributed by atoms with van der Waals surface area (Å²) in [6.07, 6.45) is 1.38. The molecule has 1 unspecified atom stereocenters. The van der Waals surface area contributed by atoms with E-state index in [1.165, 1.54) is 6.07 Å². The van der Waals surface area contributed by atoms with E-state index in [4.69, 9.17) is 5.73 Å². The summed E-state index contributed by atoms with van der Waals surface area (Å²) in [4.78, 5) is 10.8. The van der Waals surface area contributed by atoms with Gasteiger partial charge in [-0.25, -0.2) is 8.42 Å². The van der Waals surface area contributed by atoms with Crippen LogP contribution in [0.2, 0.25) is 0 Å². The Kier molecular flexibility index (Phi) is 3.46. The van der Waals surface area contributed by atoms with Crippen molar-refractivity contribution < 1.29 is 13.2 Å². The van der Waals surface area contributed by atoms with E-state index < -0.39 is 15.7 Å². The molecule has 1 aliphatic heterocycles. The van der Waals surface area contributed by atoms with Gasteiger partial charge in [0.1, 0.15) is 5.82 Å². The largest absolute Gasteiger partial charge is 0.367 e. The van der Waals surface area contributed by atoms with Crippen LogP contribution in [0.15, 0.2) is 12.1 Å². The van der Waals surface area contributed by atoms with Crippen molar-refractivity contribution in [1.82, 2.24) is 10.2 Å². The van der Waals surface area contributed by atoms with Crippen LogP contribution in [0.1, 0.15) is 23.3 Å². The standard InChI is InChI=1S/C10H14N4O3S/c11-10(15)8-3-4-9(14-13-8)12-6-7-2-1-5-18(7,16)17/h3-4,7H,1-2,5-6H2,(H2,11,15)(H,12,14). The number of carbonyl (C=O) groups is 1. The fraction of sp³-hybridized carbons (Fsp3) is 0.500. The number of carbonyl (C=O) groups excluding carboxylic acids is 1. The molecular formula is C10H14N4O3S. The average molecular weight is 270 g/mol. The molecule has 0 spiro atoms. The highest BCUT2D eigenvalue weighted by Gasteiger charge is 2.30. The quantitative estimate of drug-likeness (QED) is 0.766. The van der Waals surface area contributed by atoms with E-state index in [0.717, 1.165) is 0 Å². The molecule has 1 saturated heterocycles. The first-order valence-electron chi connectivity index (χ1n) is 5.58. The molecule has 7 nitrogen and oxygen atoms in total. The van der Waals surface area contributed by atoms with Crippen molar-refractivity contribution in [3.63, 3.8) is 0 Å². The predicted molar refractivity (Wildman–Crippen MR) is 65.8 cm³/mol. The molecule has 1 aromatic heterocycles. The van der Waals surface area contributed by atoms with Gasteiger partial charge in [-0.3, -0.25) is 4.79 Å². The minimum Gasteiger partial charge on any atom is -0.367 e. The summed E-state index contributed by atoms with van der Waals surface area (Å²) in [7, 11) is -2.96. The lowest BCUT2D eigenvalue weighted by Crippen LogP contribution is -2.25. The first-order chi connectivity index (χ1) is 8.49. The van der Waals surface area contributed by atoms with Crippen molar-refractivity contribution in [2.75, 3.05) is 17.6 Å². The van der Waals surface area contributed by atoms with Gasteiger partial charge in [-0.15, -0.1) is 10.2 Å². The highest BCUT2D eigenvalue weighted by molar-refractivity contribution is 7.92. The van der Waals surface area contributed by atoms with Crippen molar-refractivity contribution in [3.05, 3.63) is 17.8 Å². The third kappa shape index (κ3) is 2.76. The second kappa shape index (κ2) is 4.89. The van der Waals surface area contributed by atoms with Crippen LogP contribution < -0.4 is 11.1 Å². The Labute approximate surface area is 105 Å². The molecule has 2 rings (SSSR count). The number of sulfone groups is 1. The van der Waals surface area contributed by atoms with Gasteiger partial charge in [-0.05, 0) is 25.0 Å². The van der Waals surface area contributed by atoms with Gasteiger partial charge in [0.2, 0.25) is 0 Å². The summed E-state index contributed by atoms with van der Waals surface area (Å²) in [5.74, 6) is 0.0422. The number of aromatic nitrogens is 2. The Morgan fingerprint density at radius 3 is 2.72 bits per heavy atom. The van der Waals surface area contributed by atoms with Crippen molar-refractivity contribution in [3.8, 4) is 0 Å². The number of rotatable bonds is 4. The Hall–Kier alpha value is -1.70. The van der Waals surface area contributed by atoms with E-state index >= 15 is 0 Å². The van der Waals surface area contributed by atoms with Crippen molar-refractivity contribution in [2.45, 2.75) is 18.1 Å². The Bertz CT molecular complexity index is 541. The SMILES string of the molecule is NC(=O)c1ccc(NCC2CCCS2(=O)=O)nn1. The zero-order valence-corrected chi connectivity index (χ0v) is 10.5. The molecule has 0 aliphatic carbocycles. The summed E-state index contributed by atoms with van der Waals surface area (Å²) in [6, 6.07) is 3.00. The van der Waals surface area contributed by atoms with Crippen LogP contribution >= 0.6 is 0 Å². The molecule has 2 heterocycles. The molecule has 1 atom stereocenters. The average Bonchev–Trinajstić information content (AvgIpc) is 2.66. The summed E-state index contributed by atoms with van der Waals surface area (Å²) >= 11 is 0. The van der Waals surface area contributed by atoms with Crippen molar-refractivity contribution >= 4 is 21.6 Å². The number of nitrogens with two attached hydrogens (primary N) is 1. The van der Waals surface area contributed by atoms with E-state index in [-0.39, 0.29) is 16.7 Å². The molecule has 18 heavy (non-hydrogen) atoms. The molecule has 1 fully saturated rings. The maximum Gasteiger partial charge on any atom is 0.269 e. The molecule has 3 N–H and O–H groups in total. The van der Waals surface area contributed by atoms with Gasteiger partial charge in [-0.1, -0.05) is 0 Å². The van der Waals surface area contributed by atoms with E-state index in [9.17, 15) is 13.2 Å². The minimum absolute atomic E-state index is 0.0778. The van der Waals surface area contributed by atoms with E-state index in [1.807, 2.05) is 0 Å². The summed E-state index contributed by atoms with van der Waals surface area (Å²) in [5, 5.41) is 9.91. The second-order valence-electron chi connectivity index (χ2n) is 4.18. The number of nitrogens with zero attached hydrogens (tertiary/aromatic N) is 2. The lowest BCUT2D eigenvalue weighted by Gasteiger charge is -2.10. The van der Waals surface area contributed by atoms with E-state index in [1.54, 1.807) is 6.07 Å². The van der Waals surface area contributed by atoms with Crippen LogP contribution in [0.5, 0.6) is 0 Å². The first-order valence-corrected chi connectivity index (χ1v) is 7.29. The zero-order valence-electron chi connectivity index (χ0n) is 9.67. The van der Waals surface area contributed by atoms with Crippen LogP contribution in [0, 0.1) is 0 Å². The molecule has 1 aliphatic rings. The molecule has 0 aromatic carbocycles. The van der Waals surface area contributed by atoms with Gasteiger partial charge in [0, 0.05) is 6.54 Å². The Morgan fingerprint density at radius 2 is 2.22 bits per heavy atom. The van der Waals surface area contributed by atoms with Crippen molar-refractivity contribution in [1.29, 1.82) is 0 Å². The van der Waals surface area contributed by atoms with Gasteiger partial charge in [0.05, 0.1) is 11.0 Å². The summed E-state index contributed by atoms with van der Waals surface area (Å²) < 4.78 is 23.2. The molecule has 1 aromatic rings. The predicted octanol–water partition coefficient (Wildman–Crippen LogP) is -0.435. The van der Waals surface area contributed by atoms with Crippen molar-refractivity contribution in [2.24, 2.45) is 5.73 Å². The van der Waals surface area contributed by atoms with Crippen LogP contribution in [0.4, 0.5) is 5.82 Å². The Balaban J connectivity index is 1.96. The van der Waals surface area contributed by atoms with Gasteiger partial charge in [0.25, 0.3) is 5.91 Å². The zero-order chi connectivity index (χ0) is 13.2. The van der Waals surface area contributed by atoms with Crippen LogP contribution in [-0.4, -0.2) is 42.1 Å². The number of anilines is 1. The molecule has 1 amide bonds. The van der Waals surface area contributed by atoms with Crippen LogP contribution in [0.3, 0.4) is 0 Å². The number of primary amides is 1. The van der Waals surface area contributed by atoms with Crippen LogP contribution in [0.25, 0.3) is 0 Å². The summed E-state index contributed by atoms with van der Waals surface area (Å²) in [5.41, 5.74) is 5.11. The lowest BCUT2D eigenvalue weighted by molar-refractivity contribution is 0.0994. The fourth-order valence-electron chi connectivity index (χ4n) is 1.86. The van der Waals surface area contributed by atoms with Crippen LogP contribution in [-0.2, 0) is 9.84 Å². The first kappa shape index (κ1) is 12.7. The van der Waals surface area contributed by atoms with Gasteiger partial charge >= 0.3 is 0 Å². The normalized spacial score (nSPS) is 21.7. The topological polar surface area (TPSA) is 115 Å². The number of nitrogens with one attached hydrogen (secondary N) is 1. The fourth-order valence-corrected chi connectivity index (χ4v) is 3.63. The van der Waals surface area contributed by atoms with Gasteiger partial charge < -0.3 is 11.1 Å². The summed E-state index contributed by atoms with van der Waals surface area (Å²) in [6.45, 7) is 0.312. The third-order valence-corrected chi connectivity index (χ3v) is 5.17. The smallest absolute Gasteiger partial charge is 0.269 e. The molecule has 0 saturated carbocycles. The highest BCUT2D eigenvalue weighted by atomic mass is 32.2. The van der Waals surface area contributed by atoms with E-state index in [0.29, 0.717) is 25.2 Å². The number of amides is 1.